The fourth-order valence-corrected chi connectivity index (χ4v) is 4.08. The zero-order chi connectivity index (χ0) is 16.2. The van der Waals surface area contributed by atoms with E-state index in [-0.39, 0.29) is 0 Å². The van der Waals surface area contributed by atoms with E-state index in [0.29, 0.717) is 0 Å². The monoisotopic (exact) mass is 428 g/mol. The molecule has 0 amide bonds. The van der Waals surface area contributed by atoms with Crippen molar-refractivity contribution in [2.75, 3.05) is 0 Å². The lowest BCUT2D eigenvalue weighted by atomic mass is 9.84. The Morgan fingerprint density at radius 2 is 1.22 bits per heavy atom. The minimum Gasteiger partial charge on any atom is -0.376 e. The van der Waals surface area contributed by atoms with E-state index in [1.54, 1.807) is 0 Å². The molecule has 114 valence electrons. The summed E-state index contributed by atoms with van der Waals surface area (Å²) in [7, 11) is 0. The molecule has 0 bridgehead atoms. The number of hydrogen-bond acceptors (Lipinski definition) is 1. The molecule has 3 aromatic carbocycles. The predicted octanol–water partition coefficient (Wildman–Crippen LogP) is 5.78. The van der Waals surface area contributed by atoms with Crippen LogP contribution in [0.15, 0.2) is 69.6 Å². The summed E-state index contributed by atoms with van der Waals surface area (Å²) in [4.78, 5) is 0. The summed E-state index contributed by atoms with van der Waals surface area (Å²) in [5, 5.41) is 11.7. The van der Waals surface area contributed by atoms with E-state index in [9.17, 15) is 5.11 Å². The molecule has 23 heavy (non-hydrogen) atoms. The number of halogens is 2. The summed E-state index contributed by atoms with van der Waals surface area (Å²) in [6.45, 7) is 2.05. The molecule has 0 saturated heterocycles. The Kier molecular flexibility index (Phi) is 3.49. The molecule has 1 aliphatic rings. The van der Waals surface area contributed by atoms with Crippen molar-refractivity contribution in [2.45, 2.75) is 12.5 Å². The SMILES string of the molecule is Cc1ccc(C2(O)c3ccc(Br)cc3-c3cc(Br)ccc32)cc1. The second kappa shape index (κ2) is 5.30. The van der Waals surface area contributed by atoms with Crippen LogP contribution in [0, 0.1) is 6.92 Å². The molecule has 1 nitrogen and oxygen atoms in total. The van der Waals surface area contributed by atoms with Crippen LogP contribution in [0.25, 0.3) is 11.1 Å². The van der Waals surface area contributed by atoms with Crippen molar-refractivity contribution in [3.63, 3.8) is 0 Å². The molecule has 0 aliphatic heterocycles. The second-order valence-corrected chi connectivity index (χ2v) is 7.79. The fourth-order valence-electron chi connectivity index (χ4n) is 3.36. The third kappa shape index (κ3) is 2.22. The zero-order valence-electron chi connectivity index (χ0n) is 12.5. The van der Waals surface area contributed by atoms with Crippen molar-refractivity contribution in [2.24, 2.45) is 0 Å². The minimum atomic E-state index is -1.11. The molecular weight excluding hydrogens is 416 g/mol. The van der Waals surface area contributed by atoms with Gasteiger partial charge in [-0.2, -0.15) is 0 Å². The number of rotatable bonds is 1. The highest BCUT2D eigenvalue weighted by atomic mass is 79.9. The lowest BCUT2D eigenvalue weighted by molar-refractivity contribution is 0.130. The molecule has 1 aliphatic carbocycles. The van der Waals surface area contributed by atoms with Crippen molar-refractivity contribution >= 4 is 31.9 Å². The summed E-state index contributed by atoms with van der Waals surface area (Å²) in [6.07, 6.45) is 0. The van der Waals surface area contributed by atoms with Crippen molar-refractivity contribution in [3.05, 3.63) is 91.9 Å². The molecule has 1 N–H and O–H groups in total. The van der Waals surface area contributed by atoms with Gasteiger partial charge in [-0.3, -0.25) is 0 Å². The molecule has 3 heteroatoms. The smallest absolute Gasteiger partial charge is 0.141 e. The van der Waals surface area contributed by atoms with E-state index in [0.717, 1.165) is 36.8 Å². The van der Waals surface area contributed by atoms with Gasteiger partial charge in [-0.1, -0.05) is 73.8 Å². The van der Waals surface area contributed by atoms with Crippen molar-refractivity contribution in [1.82, 2.24) is 0 Å². The minimum absolute atomic E-state index is 0.896. The van der Waals surface area contributed by atoms with Gasteiger partial charge < -0.3 is 5.11 Å². The summed E-state index contributed by atoms with van der Waals surface area (Å²) in [5.41, 5.74) is 4.96. The second-order valence-electron chi connectivity index (χ2n) is 5.96. The van der Waals surface area contributed by atoms with Gasteiger partial charge in [-0.25, -0.2) is 0 Å². The van der Waals surface area contributed by atoms with Gasteiger partial charge in [0, 0.05) is 20.1 Å². The summed E-state index contributed by atoms with van der Waals surface area (Å²) in [5.74, 6) is 0. The number of benzene rings is 3. The molecule has 3 aromatic rings. The normalized spacial score (nSPS) is 14.4. The summed E-state index contributed by atoms with van der Waals surface area (Å²) in [6, 6.07) is 20.2. The Morgan fingerprint density at radius 3 is 1.70 bits per heavy atom. The van der Waals surface area contributed by atoms with Crippen LogP contribution in [0.4, 0.5) is 0 Å². The zero-order valence-corrected chi connectivity index (χ0v) is 15.6. The van der Waals surface area contributed by atoms with Crippen LogP contribution >= 0.6 is 31.9 Å². The Labute approximate surface area is 152 Å². The predicted molar refractivity (Wildman–Crippen MR) is 101 cm³/mol. The third-order valence-electron chi connectivity index (χ3n) is 4.50. The van der Waals surface area contributed by atoms with Crippen LogP contribution in [-0.4, -0.2) is 5.11 Å². The highest BCUT2D eigenvalue weighted by Gasteiger charge is 2.43. The maximum absolute atomic E-state index is 11.7. The number of hydrogen-bond donors (Lipinski definition) is 1. The standard InChI is InChI=1S/C20H14Br2O/c1-12-2-4-13(5-3-12)20(23)18-8-6-14(21)10-16(18)17-11-15(22)7-9-19(17)20/h2-11,23H,1H3. The van der Waals surface area contributed by atoms with Crippen LogP contribution in [0.2, 0.25) is 0 Å². The molecule has 0 saturated carbocycles. The van der Waals surface area contributed by atoms with Crippen LogP contribution in [-0.2, 0) is 5.60 Å². The van der Waals surface area contributed by atoms with Crippen molar-refractivity contribution < 1.29 is 5.11 Å². The molecule has 0 spiro atoms. The molecule has 0 atom stereocenters. The van der Waals surface area contributed by atoms with Crippen LogP contribution in [0.5, 0.6) is 0 Å². The molecule has 0 fully saturated rings. The first kappa shape index (κ1) is 15.1. The van der Waals surface area contributed by atoms with E-state index in [2.05, 4.69) is 50.9 Å². The van der Waals surface area contributed by atoms with Gasteiger partial charge in [0.05, 0.1) is 0 Å². The number of fused-ring (bicyclic) bond motifs is 3. The molecular formula is C20H14Br2O. The van der Waals surface area contributed by atoms with Gasteiger partial charge in [0.25, 0.3) is 0 Å². The fraction of sp³-hybridized carbons (Fsp3) is 0.100. The Morgan fingerprint density at radius 1 is 0.739 bits per heavy atom. The first-order valence-electron chi connectivity index (χ1n) is 7.40. The Hall–Kier alpha value is -1.42. The lowest BCUT2D eigenvalue weighted by Crippen LogP contribution is -2.26. The number of aliphatic hydroxyl groups is 1. The average Bonchev–Trinajstić information content (AvgIpc) is 2.77. The van der Waals surface area contributed by atoms with E-state index in [1.165, 1.54) is 5.56 Å². The van der Waals surface area contributed by atoms with Gasteiger partial charge in [-0.15, -0.1) is 0 Å². The van der Waals surface area contributed by atoms with Crippen LogP contribution in [0.1, 0.15) is 22.3 Å². The molecule has 0 unspecified atom stereocenters. The maximum atomic E-state index is 11.7. The average molecular weight is 430 g/mol. The van der Waals surface area contributed by atoms with Crippen molar-refractivity contribution in [1.29, 1.82) is 0 Å². The van der Waals surface area contributed by atoms with Gasteiger partial charge in [0.15, 0.2) is 0 Å². The number of aryl methyl sites for hydroxylation is 1. The van der Waals surface area contributed by atoms with Gasteiger partial charge >= 0.3 is 0 Å². The lowest BCUT2D eigenvalue weighted by Gasteiger charge is -2.26. The van der Waals surface area contributed by atoms with E-state index < -0.39 is 5.60 Å². The summed E-state index contributed by atoms with van der Waals surface area (Å²) < 4.78 is 2.02. The van der Waals surface area contributed by atoms with E-state index >= 15 is 0 Å². The molecule has 4 rings (SSSR count). The molecule has 0 heterocycles. The highest BCUT2D eigenvalue weighted by Crippen LogP contribution is 2.52. The highest BCUT2D eigenvalue weighted by molar-refractivity contribution is 9.10. The Bertz CT molecular complexity index is 862. The van der Waals surface area contributed by atoms with Gasteiger partial charge in [-0.05, 0) is 47.9 Å². The first-order chi connectivity index (χ1) is 11.0. The topological polar surface area (TPSA) is 20.2 Å². The maximum Gasteiger partial charge on any atom is 0.141 e. The molecule has 0 aromatic heterocycles. The Balaban J connectivity index is 2.07. The van der Waals surface area contributed by atoms with E-state index in [4.69, 9.17) is 0 Å². The van der Waals surface area contributed by atoms with Crippen LogP contribution in [0.3, 0.4) is 0 Å². The van der Waals surface area contributed by atoms with Gasteiger partial charge in [0.1, 0.15) is 5.60 Å². The van der Waals surface area contributed by atoms with E-state index in [1.807, 2.05) is 48.5 Å². The largest absolute Gasteiger partial charge is 0.376 e. The molecule has 0 radical (unpaired) electrons. The first-order valence-corrected chi connectivity index (χ1v) is 8.99. The van der Waals surface area contributed by atoms with Gasteiger partial charge in [0.2, 0.25) is 0 Å². The van der Waals surface area contributed by atoms with Crippen molar-refractivity contribution in [3.8, 4) is 11.1 Å². The third-order valence-corrected chi connectivity index (χ3v) is 5.49. The quantitative estimate of drug-likeness (QED) is 0.519. The van der Waals surface area contributed by atoms with Crippen LogP contribution < -0.4 is 0 Å². The summed E-state index contributed by atoms with van der Waals surface area (Å²) >= 11 is 7.09.